The Kier molecular flexibility index (Phi) is 10.2. The van der Waals surface area contributed by atoms with E-state index in [1.165, 1.54) is 41.5 Å². The zero-order valence-electron chi connectivity index (χ0n) is 27.2. The lowest BCUT2D eigenvalue weighted by Gasteiger charge is -2.35. The summed E-state index contributed by atoms with van der Waals surface area (Å²) in [5, 5.41) is 9.42. The second kappa shape index (κ2) is 14.5. The van der Waals surface area contributed by atoms with Crippen LogP contribution in [0, 0.1) is 0 Å². The number of nitrogens with two attached hydrogens (primary N) is 3. The van der Waals surface area contributed by atoms with Crippen LogP contribution in [0.2, 0.25) is 10.0 Å². The molecular weight excluding hydrogens is 767 g/mol. The summed E-state index contributed by atoms with van der Waals surface area (Å²) in [5.74, 6) is 0.921. The van der Waals surface area contributed by atoms with Gasteiger partial charge in [-0.15, -0.1) is 0 Å². The Morgan fingerprint density at radius 3 is 1.57 bits per heavy atom. The Morgan fingerprint density at radius 1 is 0.647 bits per heavy atom. The number of carbonyl (C=O) groups is 2. The highest BCUT2D eigenvalue weighted by atomic mass is 79.9. The largest absolute Gasteiger partial charge is 0.384 e. The minimum atomic E-state index is -0.687. The Hall–Kier alpha value is -4.74. The van der Waals surface area contributed by atoms with E-state index in [2.05, 4.69) is 51.8 Å². The van der Waals surface area contributed by atoms with Gasteiger partial charge in [-0.25, -0.2) is 19.9 Å². The van der Waals surface area contributed by atoms with E-state index in [1.807, 2.05) is 0 Å². The number of amides is 2. The lowest BCUT2D eigenvalue weighted by Crippen LogP contribution is -2.48. The summed E-state index contributed by atoms with van der Waals surface area (Å²) in [6.07, 6.45) is 11.8. The van der Waals surface area contributed by atoms with Crippen molar-refractivity contribution >= 4 is 79.9 Å². The maximum absolute atomic E-state index is 13.1. The standard InChI is InChI=1S/C16H17ClN6O2.C12H12BrClN2O2.C4H6N4/c17-9-6-10(21-12-7-11(18)19-8-20-12)15(25)23-13(9)14(24)22-16(23)4-2-1-3-5-16;13-7-6-8(14)9-10(17)15-12(16(9)11(7)18)4-2-1-3-5-12;5-3-1-4(6)8-2-7-3/h6-8H,1-5H2,(H,22,24)(H3,18,19,20,21);6H,1-5H2,(H,15,17);1-2H,(H4,5,6,7,8). The van der Waals surface area contributed by atoms with Gasteiger partial charge in [-0.2, -0.15) is 0 Å². The van der Waals surface area contributed by atoms with E-state index in [1.54, 1.807) is 4.57 Å². The van der Waals surface area contributed by atoms with E-state index in [0.29, 0.717) is 45.5 Å². The van der Waals surface area contributed by atoms with Crippen molar-refractivity contribution < 1.29 is 9.59 Å². The summed E-state index contributed by atoms with van der Waals surface area (Å²) in [6, 6.07) is 5.97. The van der Waals surface area contributed by atoms with Crippen LogP contribution in [0.25, 0.3) is 0 Å². The Balaban J connectivity index is 0.000000150. The molecule has 2 fully saturated rings. The minimum Gasteiger partial charge on any atom is -0.384 e. The van der Waals surface area contributed by atoms with Gasteiger partial charge in [-0.05, 0) is 79.4 Å². The first-order valence-electron chi connectivity index (χ1n) is 16.2. The molecule has 16 nitrogen and oxygen atoms in total. The molecule has 4 aromatic rings. The number of rotatable bonds is 2. The SMILES string of the molecule is Nc1cc(N)ncn1.Nc1cc(Nc2cc(Cl)c3n(c2=O)C2(CCCCC2)NC3=O)ncn1.O=C1NC2(CCCCC2)n2c1c(Cl)cc(Br)c2=O. The number of nitrogen functional groups attached to an aromatic ring is 3. The monoisotopic (exact) mass is 800 g/mol. The average molecular weight is 803 g/mol. The molecule has 4 aliphatic rings. The molecule has 2 aliphatic carbocycles. The molecule has 268 valence electrons. The van der Waals surface area contributed by atoms with Crippen LogP contribution in [0.4, 0.5) is 29.0 Å². The fraction of sp³-hybridized carbons (Fsp3) is 0.375. The van der Waals surface area contributed by atoms with E-state index >= 15 is 0 Å². The van der Waals surface area contributed by atoms with Gasteiger partial charge in [-0.1, -0.05) is 36.0 Å². The molecule has 0 bridgehead atoms. The number of nitrogens with zero attached hydrogens (tertiary/aromatic N) is 6. The topological polar surface area (TPSA) is 244 Å². The summed E-state index contributed by atoms with van der Waals surface area (Å²) >= 11 is 15.6. The maximum atomic E-state index is 13.1. The highest BCUT2D eigenvalue weighted by molar-refractivity contribution is 9.10. The Labute approximate surface area is 309 Å². The van der Waals surface area contributed by atoms with Gasteiger partial charge < -0.3 is 33.2 Å². The number of halogens is 3. The molecule has 0 atom stereocenters. The van der Waals surface area contributed by atoms with Crippen molar-refractivity contribution in [1.29, 1.82) is 0 Å². The van der Waals surface area contributed by atoms with Crippen molar-refractivity contribution in [3.63, 3.8) is 0 Å². The predicted molar refractivity (Wildman–Crippen MR) is 197 cm³/mol. The van der Waals surface area contributed by atoms with E-state index < -0.39 is 11.3 Å². The maximum Gasteiger partial charge on any atom is 0.276 e. The zero-order valence-corrected chi connectivity index (χ0v) is 30.3. The lowest BCUT2D eigenvalue weighted by molar-refractivity contribution is 0.0867. The molecule has 6 heterocycles. The van der Waals surface area contributed by atoms with Gasteiger partial charge in [0.25, 0.3) is 22.9 Å². The summed E-state index contributed by atoms with van der Waals surface area (Å²) in [4.78, 5) is 65.0. The van der Waals surface area contributed by atoms with Crippen LogP contribution in [-0.4, -0.2) is 40.9 Å². The zero-order chi connectivity index (χ0) is 36.5. The Morgan fingerprint density at radius 2 is 1.10 bits per heavy atom. The molecule has 2 spiro atoms. The van der Waals surface area contributed by atoms with Gasteiger partial charge in [0.05, 0.1) is 14.5 Å². The van der Waals surface area contributed by atoms with Crippen molar-refractivity contribution in [1.82, 2.24) is 39.7 Å². The summed E-state index contributed by atoms with van der Waals surface area (Å²) < 4.78 is 3.47. The third-order valence-electron chi connectivity index (χ3n) is 9.27. The molecule has 19 heteroatoms. The van der Waals surface area contributed by atoms with Gasteiger partial charge >= 0.3 is 0 Å². The van der Waals surface area contributed by atoms with Crippen molar-refractivity contribution in [3.8, 4) is 0 Å². The third-order valence-corrected chi connectivity index (χ3v) is 10.4. The fourth-order valence-corrected chi connectivity index (χ4v) is 8.16. The molecule has 51 heavy (non-hydrogen) atoms. The number of nitrogens with one attached hydrogen (secondary N) is 3. The van der Waals surface area contributed by atoms with Crippen LogP contribution in [-0.2, 0) is 11.3 Å². The number of aromatic nitrogens is 6. The van der Waals surface area contributed by atoms with Crippen molar-refractivity contribution in [2.24, 2.45) is 0 Å². The summed E-state index contributed by atoms with van der Waals surface area (Å²) in [6.45, 7) is 0. The van der Waals surface area contributed by atoms with Gasteiger partial charge in [0, 0.05) is 12.1 Å². The van der Waals surface area contributed by atoms with Crippen LogP contribution in [0.1, 0.15) is 85.2 Å². The van der Waals surface area contributed by atoms with E-state index in [4.69, 9.17) is 40.4 Å². The molecule has 4 aromatic heterocycles. The van der Waals surface area contributed by atoms with Crippen molar-refractivity contribution in [3.05, 3.63) is 83.5 Å². The highest BCUT2D eigenvalue weighted by Gasteiger charge is 2.46. The lowest BCUT2D eigenvalue weighted by atomic mass is 9.89. The normalized spacial score (nSPS) is 17.6. The number of hydrogen-bond acceptors (Lipinski definition) is 12. The van der Waals surface area contributed by atoms with Gasteiger partial charge in [0.15, 0.2) is 0 Å². The second-order valence-electron chi connectivity index (χ2n) is 12.6. The molecule has 0 aromatic carbocycles. The number of hydrogen-bond donors (Lipinski definition) is 6. The predicted octanol–water partition coefficient (Wildman–Crippen LogP) is 4.24. The van der Waals surface area contributed by atoms with Crippen molar-refractivity contribution in [2.75, 3.05) is 22.5 Å². The van der Waals surface area contributed by atoms with Crippen LogP contribution in [0.3, 0.4) is 0 Å². The molecule has 0 radical (unpaired) electrons. The molecule has 8 rings (SSSR count). The molecule has 2 aliphatic heterocycles. The highest BCUT2D eigenvalue weighted by Crippen LogP contribution is 2.40. The molecule has 2 amide bonds. The van der Waals surface area contributed by atoms with Crippen LogP contribution in [0.15, 0.2) is 51.0 Å². The first-order valence-corrected chi connectivity index (χ1v) is 17.8. The minimum absolute atomic E-state index is 0.186. The molecule has 0 saturated heterocycles. The molecule has 0 unspecified atom stereocenters. The first kappa shape index (κ1) is 36.1. The van der Waals surface area contributed by atoms with E-state index in [0.717, 1.165) is 51.4 Å². The quantitative estimate of drug-likeness (QED) is 0.167. The summed E-state index contributed by atoms with van der Waals surface area (Å²) in [7, 11) is 0. The van der Waals surface area contributed by atoms with Gasteiger partial charge in [0.2, 0.25) is 0 Å². The number of pyridine rings is 2. The first-order chi connectivity index (χ1) is 24.3. The number of fused-ring (bicyclic) bond motifs is 4. The molecule has 2 saturated carbocycles. The molecule has 9 N–H and O–H groups in total. The van der Waals surface area contributed by atoms with Crippen LogP contribution in [0.5, 0.6) is 0 Å². The number of anilines is 5. The Bertz CT molecular complexity index is 2110. The molecular formula is C32H35BrCl2N12O4. The van der Waals surface area contributed by atoms with Crippen LogP contribution >= 0.6 is 39.1 Å². The number of carbonyl (C=O) groups excluding carboxylic acids is 2. The van der Waals surface area contributed by atoms with Crippen LogP contribution < -0.4 is 44.3 Å². The van der Waals surface area contributed by atoms with Gasteiger partial charge in [0.1, 0.15) is 64.3 Å². The second-order valence-corrected chi connectivity index (χ2v) is 14.3. The van der Waals surface area contributed by atoms with E-state index in [-0.39, 0.29) is 45.2 Å². The smallest absolute Gasteiger partial charge is 0.276 e. The third kappa shape index (κ3) is 7.10. The van der Waals surface area contributed by atoms with Crippen molar-refractivity contribution in [2.45, 2.75) is 75.5 Å². The summed E-state index contributed by atoms with van der Waals surface area (Å²) in [5.41, 5.74) is 15.1. The fourth-order valence-electron chi connectivity index (χ4n) is 7.06. The van der Waals surface area contributed by atoms with E-state index in [9.17, 15) is 19.2 Å². The average Bonchev–Trinajstić information content (AvgIpc) is 3.53. The van der Waals surface area contributed by atoms with Gasteiger partial charge in [-0.3, -0.25) is 28.3 Å².